The van der Waals surface area contributed by atoms with Crippen LogP contribution in [0.2, 0.25) is 0 Å². The van der Waals surface area contributed by atoms with Crippen LogP contribution in [0.15, 0.2) is 79.0 Å². The van der Waals surface area contributed by atoms with Crippen molar-refractivity contribution in [2.24, 2.45) is 0 Å². The predicted molar refractivity (Wildman–Crippen MR) is 121 cm³/mol. The van der Waals surface area contributed by atoms with E-state index in [0.29, 0.717) is 17.5 Å². The van der Waals surface area contributed by atoms with Gasteiger partial charge in [-0.25, -0.2) is 4.39 Å². The van der Waals surface area contributed by atoms with Crippen molar-refractivity contribution >= 4 is 10.9 Å². The summed E-state index contributed by atoms with van der Waals surface area (Å²) in [6.45, 7) is 0.0844. The number of nitrogens with zero attached hydrogens (tertiary/aromatic N) is 2. The molecule has 3 aromatic carbocycles. The minimum absolute atomic E-state index is 0.0844. The SMILES string of the molecule is N#Cc1ccc2c(C(O)(CCCc3ccccc3)C(F)(F)F)cn(Cc3cccc(F)c3)c2c1. The summed E-state index contributed by atoms with van der Waals surface area (Å²) >= 11 is 0. The maximum Gasteiger partial charge on any atom is 0.421 e. The second-order valence-corrected chi connectivity index (χ2v) is 8.34. The minimum Gasteiger partial charge on any atom is -0.376 e. The molecule has 0 saturated carbocycles. The number of hydrogen-bond acceptors (Lipinski definition) is 2. The Morgan fingerprint density at radius 2 is 1.65 bits per heavy atom. The minimum atomic E-state index is -4.92. The van der Waals surface area contributed by atoms with Gasteiger partial charge in [0, 0.05) is 23.7 Å². The van der Waals surface area contributed by atoms with Crippen LogP contribution in [-0.4, -0.2) is 15.8 Å². The molecule has 4 aromatic rings. The van der Waals surface area contributed by atoms with Crippen LogP contribution in [0.5, 0.6) is 0 Å². The molecule has 0 aliphatic carbocycles. The Hall–Kier alpha value is -3.63. The largest absolute Gasteiger partial charge is 0.421 e. The highest BCUT2D eigenvalue weighted by atomic mass is 19.4. The van der Waals surface area contributed by atoms with Gasteiger partial charge in [-0.1, -0.05) is 48.5 Å². The zero-order valence-corrected chi connectivity index (χ0v) is 18.2. The van der Waals surface area contributed by atoms with Gasteiger partial charge in [0.2, 0.25) is 0 Å². The standard InChI is InChI=1S/C27H22F4N2O/c28-22-10-4-8-21(14-22)17-33-18-24(23-12-11-20(16-32)15-25(23)33)26(34,27(29,30)31)13-5-9-19-6-2-1-3-7-19/h1-4,6-8,10-12,14-15,18,34H,5,9,13,17H2. The zero-order chi connectivity index (χ0) is 24.3. The van der Waals surface area contributed by atoms with E-state index in [-0.39, 0.29) is 29.5 Å². The maximum atomic E-state index is 14.3. The molecule has 0 bridgehead atoms. The van der Waals surface area contributed by atoms with Gasteiger partial charge in [0.15, 0.2) is 5.60 Å². The van der Waals surface area contributed by atoms with Gasteiger partial charge in [0.1, 0.15) is 5.82 Å². The van der Waals surface area contributed by atoms with Gasteiger partial charge < -0.3 is 9.67 Å². The van der Waals surface area contributed by atoms with Crippen LogP contribution in [0.25, 0.3) is 10.9 Å². The molecular formula is C27H22F4N2O. The molecule has 1 unspecified atom stereocenters. The highest BCUT2D eigenvalue weighted by Crippen LogP contribution is 2.46. The van der Waals surface area contributed by atoms with Crippen LogP contribution >= 0.6 is 0 Å². The lowest BCUT2D eigenvalue weighted by molar-refractivity contribution is -0.269. The van der Waals surface area contributed by atoms with E-state index in [9.17, 15) is 27.9 Å². The van der Waals surface area contributed by atoms with Crippen LogP contribution in [0.1, 0.15) is 35.1 Å². The highest BCUT2D eigenvalue weighted by Gasteiger charge is 2.55. The lowest BCUT2D eigenvalue weighted by Gasteiger charge is -2.30. The Bertz CT molecular complexity index is 1340. The molecule has 0 spiro atoms. The first-order chi connectivity index (χ1) is 16.2. The van der Waals surface area contributed by atoms with E-state index < -0.39 is 24.0 Å². The molecule has 1 aromatic heterocycles. The number of rotatable bonds is 7. The summed E-state index contributed by atoms with van der Waals surface area (Å²) in [7, 11) is 0. The fourth-order valence-electron chi connectivity index (χ4n) is 4.28. The summed E-state index contributed by atoms with van der Waals surface area (Å²) in [6, 6.07) is 21.2. The smallest absolute Gasteiger partial charge is 0.376 e. The quantitative estimate of drug-likeness (QED) is 0.317. The second kappa shape index (κ2) is 9.32. The van der Waals surface area contributed by atoms with E-state index in [1.165, 1.54) is 47.2 Å². The van der Waals surface area contributed by atoms with Crippen molar-refractivity contribution in [3.05, 3.63) is 107 Å². The molecule has 0 aliphatic heterocycles. The Labute approximate surface area is 194 Å². The first-order valence-electron chi connectivity index (χ1n) is 10.8. The number of halogens is 4. The third-order valence-corrected chi connectivity index (χ3v) is 6.01. The highest BCUT2D eigenvalue weighted by molar-refractivity contribution is 5.86. The number of aliphatic hydroxyl groups is 1. The van der Waals surface area contributed by atoms with Gasteiger partial charge in [-0.05, 0) is 54.7 Å². The summed E-state index contributed by atoms with van der Waals surface area (Å²) in [5, 5.41) is 20.6. The van der Waals surface area contributed by atoms with Gasteiger partial charge >= 0.3 is 6.18 Å². The van der Waals surface area contributed by atoms with Crippen LogP contribution in [0, 0.1) is 17.1 Å². The van der Waals surface area contributed by atoms with Crippen molar-refractivity contribution in [3.63, 3.8) is 0 Å². The van der Waals surface area contributed by atoms with Gasteiger partial charge in [0.05, 0.1) is 17.1 Å². The number of fused-ring (bicyclic) bond motifs is 1. The molecule has 1 heterocycles. The van der Waals surface area contributed by atoms with Crippen LogP contribution in [0.3, 0.4) is 0 Å². The first kappa shape index (κ1) is 23.5. The van der Waals surface area contributed by atoms with Gasteiger partial charge in [-0.15, -0.1) is 0 Å². The van der Waals surface area contributed by atoms with Crippen molar-refractivity contribution in [2.45, 2.75) is 37.6 Å². The van der Waals surface area contributed by atoms with E-state index in [0.717, 1.165) is 5.56 Å². The average molecular weight is 466 g/mol. The molecule has 4 rings (SSSR count). The Balaban J connectivity index is 1.77. The van der Waals surface area contributed by atoms with Crippen LogP contribution in [0.4, 0.5) is 17.6 Å². The summed E-state index contributed by atoms with van der Waals surface area (Å²) in [5.74, 6) is -0.459. The summed E-state index contributed by atoms with van der Waals surface area (Å²) in [5.41, 5.74) is -1.28. The molecule has 1 atom stereocenters. The molecule has 0 radical (unpaired) electrons. The van der Waals surface area contributed by atoms with Crippen molar-refractivity contribution in [1.82, 2.24) is 4.57 Å². The van der Waals surface area contributed by atoms with Crippen molar-refractivity contribution in [2.75, 3.05) is 0 Å². The Morgan fingerprint density at radius 3 is 2.32 bits per heavy atom. The third kappa shape index (κ3) is 4.68. The number of aromatic nitrogens is 1. The van der Waals surface area contributed by atoms with Crippen LogP contribution < -0.4 is 0 Å². The summed E-state index contributed by atoms with van der Waals surface area (Å²) in [4.78, 5) is 0. The molecule has 7 heteroatoms. The normalized spacial score (nSPS) is 13.5. The molecule has 0 aliphatic rings. The van der Waals surface area contributed by atoms with E-state index in [4.69, 9.17) is 0 Å². The van der Waals surface area contributed by atoms with Crippen molar-refractivity contribution in [3.8, 4) is 6.07 Å². The number of hydrogen-bond donors (Lipinski definition) is 1. The fraction of sp³-hybridized carbons (Fsp3) is 0.222. The van der Waals surface area contributed by atoms with E-state index >= 15 is 0 Å². The number of nitriles is 1. The molecule has 174 valence electrons. The van der Waals surface area contributed by atoms with Gasteiger partial charge in [-0.3, -0.25) is 0 Å². The Kier molecular flexibility index (Phi) is 6.45. The Morgan fingerprint density at radius 1 is 0.912 bits per heavy atom. The molecule has 34 heavy (non-hydrogen) atoms. The first-order valence-corrected chi connectivity index (χ1v) is 10.8. The van der Waals surface area contributed by atoms with Crippen molar-refractivity contribution < 1.29 is 22.7 Å². The number of benzene rings is 3. The summed E-state index contributed by atoms with van der Waals surface area (Å²) < 4.78 is 58.2. The molecule has 0 amide bonds. The third-order valence-electron chi connectivity index (χ3n) is 6.01. The molecule has 1 N–H and O–H groups in total. The van der Waals surface area contributed by atoms with E-state index in [1.807, 2.05) is 36.4 Å². The monoisotopic (exact) mass is 466 g/mol. The van der Waals surface area contributed by atoms with E-state index in [2.05, 4.69) is 0 Å². The molecule has 0 saturated heterocycles. The summed E-state index contributed by atoms with van der Waals surface area (Å²) in [6.07, 6.45) is -3.67. The predicted octanol–water partition coefficient (Wildman–Crippen LogP) is 6.47. The lowest BCUT2D eigenvalue weighted by Crippen LogP contribution is -2.42. The second-order valence-electron chi connectivity index (χ2n) is 8.34. The zero-order valence-electron chi connectivity index (χ0n) is 18.2. The van der Waals surface area contributed by atoms with Crippen molar-refractivity contribution in [1.29, 1.82) is 5.26 Å². The fourth-order valence-corrected chi connectivity index (χ4v) is 4.28. The molecule has 0 fully saturated rings. The van der Waals surface area contributed by atoms with Gasteiger partial charge in [-0.2, -0.15) is 18.4 Å². The number of alkyl halides is 3. The molecule has 3 nitrogen and oxygen atoms in total. The van der Waals surface area contributed by atoms with Crippen LogP contribution in [-0.2, 0) is 18.6 Å². The lowest BCUT2D eigenvalue weighted by atomic mass is 9.86. The van der Waals surface area contributed by atoms with E-state index in [1.54, 1.807) is 6.07 Å². The topological polar surface area (TPSA) is 48.9 Å². The maximum absolute atomic E-state index is 14.3. The molecular weight excluding hydrogens is 444 g/mol. The van der Waals surface area contributed by atoms with Gasteiger partial charge in [0.25, 0.3) is 0 Å². The average Bonchev–Trinajstić information content (AvgIpc) is 3.17. The number of aryl methyl sites for hydroxylation is 1.